The summed E-state index contributed by atoms with van der Waals surface area (Å²) in [5, 5.41) is 9.36. The number of hydrogen-bond acceptors (Lipinski definition) is 2. The van der Waals surface area contributed by atoms with E-state index in [1.807, 2.05) is 0 Å². The Bertz CT molecular complexity index is 42.7. The maximum atomic E-state index is 8.73. The molecule has 44 valence electrons. The summed E-state index contributed by atoms with van der Waals surface area (Å²) in [6, 6.07) is 0. The fourth-order valence-electron chi connectivity index (χ4n) is 0.270. The van der Waals surface area contributed by atoms with Crippen molar-refractivity contribution in [3.63, 3.8) is 0 Å². The van der Waals surface area contributed by atoms with Gasteiger partial charge in [-0.1, -0.05) is 15.9 Å². The largest absolute Gasteiger partial charge is 0.392 e. The molecule has 0 amide bonds. The van der Waals surface area contributed by atoms with Crippen LogP contribution >= 0.6 is 15.9 Å². The summed E-state index contributed by atoms with van der Waals surface area (Å²) in [5.41, 5.74) is 5.12. The molecular weight excluding hydrogens is 158 g/mol. The van der Waals surface area contributed by atoms with Crippen molar-refractivity contribution >= 4 is 15.9 Å². The van der Waals surface area contributed by atoms with E-state index in [0.29, 0.717) is 18.3 Å². The third-order valence-corrected chi connectivity index (χ3v) is 1.43. The van der Waals surface area contributed by atoms with E-state index < -0.39 is 0 Å². The zero-order chi connectivity index (χ0) is 5.70. The number of hydrogen-bond donors (Lipinski definition) is 2. The molecule has 0 rings (SSSR count). The van der Waals surface area contributed by atoms with Crippen molar-refractivity contribution in [3.05, 3.63) is 0 Å². The normalized spacial score (nSPS) is 14.1. The zero-order valence-corrected chi connectivity index (χ0v) is 5.69. The predicted octanol–water partition coefficient (Wildman–Crippen LogP) is 0.0910. The van der Waals surface area contributed by atoms with Crippen LogP contribution in [0, 0.1) is 0 Å². The highest BCUT2D eigenvalue weighted by atomic mass is 79.9. The Hall–Kier alpha value is 0.400. The van der Waals surface area contributed by atoms with Crippen LogP contribution in [0.25, 0.3) is 0 Å². The second kappa shape index (κ2) is 4.56. The maximum Gasteiger partial charge on any atom is 0.0649 e. The van der Waals surface area contributed by atoms with Crippen LogP contribution in [0.4, 0.5) is 0 Å². The molecular formula is C4H10BrNO. The standard InChI is InChI=1S/C4H10BrNO/c5-3-4(7)1-2-6/h4,7H,1-3,6H2/t4-/m0/s1. The lowest BCUT2D eigenvalue weighted by molar-refractivity contribution is 0.193. The number of nitrogens with two attached hydrogens (primary N) is 1. The van der Waals surface area contributed by atoms with Crippen molar-refractivity contribution in [1.82, 2.24) is 0 Å². The van der Waals surface area contributed by atoms with Gasteiger partial charge in [-0.15, -0.1) is 0 Å². The van der Waals surface area contributed by atoms with Crippen LogP contribution in [0.3, 0.4) is 0 Å². The molecule has 0 bridgehead atoms. The van der Waals surface area contributed by atoms with E-state index >= 15 is 0 Å². The minimum Gasteiger partial charge on any atom is -0.392 e. The Morgan fingerprint density at radius 3 is 2.43 bits per heavy atom. The van der Waals surface area contributed by atoms with Crippen LogP contribution < -0.4 is 5.73 Å². The fourth-order valence-corrected chi connectivity index (χ4v) is 0.593. The molecule has 0 radical (unpaired) electrons. The van der Waals surface area contributed by atoms with Crippen LogP contribution in [0.1, 0.15) is 6.42 Å². The Labute approximate surface area is 51.8 Å². The average Bonchev–Trinajstić information content (AvgIpc) is 1.68. The first-order valence-corrected chi connectivity index (χ1v) is 3.37. The van der Waals surface area contributed by atoms with Gasteiger partial charge < -0.3 is 10.8 Å². The molecule has 0 aromatic rings. The van der Waals surface area contributed by atoms with Crippen molar-refractivity contribution in [2.45, 2.75) is 12.5 Å². The van der Waals surface area contributed by atoms with Gasteiger partial charge >= 0.3 is 0 Å². The Kier molecular flexibility index (Phi) is 4.82. The van der Waals surface area contributed by atoms with Crippen molar-refractivity contribution < 1.29 is 5.11 Å². The van der Waals surface area contributed by atoms with E-state index in [-0.39, 0.29) is 6.10 Å². The van der Waals surface area contributed by atoms with Gasteiger partial charge in [0, 0.05) is 5.33 Å². The summed E-state index contributed by atoms with van der Waals surface area (Å²) < 4.78 is 0. The van der Waals surface area contributed by atoms with Gasteiger partial charge in [0.15, 0.2) is 0 Å². The second-order valence-electron chi connectivity index (χ2n) is 1.39. The molecule has 0 spiro atoms. The molecule has 0 aromatic heterocycles. The number of aliphatic hydroxyl groups excluding tert-OH is 1. The van der Waals surface area contributed by atoms with Crippen molar-refractivity contribution in [2.24, 2.45) is 5.73 Å². The molecule has 0 unspecified atom stereocenters. The lowest BCUT2D eigenvalue weighted by Gasteiger charge is -2.00. The van der Waals surface area contributed by atoms with Gasteiger partial charge in [0.2, 0.25) is 0 Å². The third-order valence-electron chi connectivity index (χ3n) is 0.678. The number of aliphatic hydroxyl groups is 1. The SMILES string of the molecule is NCC[C@H](O)CBr. The zero-order valence-electron chi connectivity index (χ0n) is 4.10. The summed E-state index contributed by atoms with van der Waals surface area (Å²) >= 11 is 3.11. The highest BCUT2D eigenvalue weighted by Crippen LogP contribution is 1.92. The van der Waals surface area contributed by atoms with E-state index in [1.54, 1.807) is 0 Å². The van der Waals surface area contributed by atoms with E-state index in [4.69, 9.17) is 10.8 Å². The summed E-state index contributed by atoms with van der Waals surface area (Å²) in [6.07, 6.45) is 0.427. The topological polar surface area (TPSA) is 46.2 Å². The highest BCUT2D eigenvalue weighted by Gasteiger charge is 1.96. The number of rotatable bonds is 3. The van der Waals surface area contributed by atoms with Gasteiger partial charge in [0.25, 0.3) is 0 Å². The summed E-state index contributed by atoms with van der Waals surface area (Å²) in [6.45, 7) is 0.562. The number of alkyl halides is 1. The Morgan fingerprint density at radius 2 is 2.29 bits per heavy atom. The quantitative estimate of drug-likeness (QED) is 0.586. The molecule has 3 N–H and O–H groups in total. The molecule has 0 aliphatic rings. The van der Waals surface area contributed by atoms with E-state index in [2.05, 4.69) is 15.9 Å². The predicted molar refractivity (Wildman–Crippen MR) is 33.5 cm³/mol. The van der Waals surface area contributed by atoms with E-state index in [9.17, 15) is 0 Å². The van der Waals surface area contributed by atoms with Gasteiger partial charge in [0.05, 0.1) is 6.10 Å². The smallest absolute Gasteiger partial charge is 0.0649 e. The molecule has 7 heavy (non-hydrogen) atoms. The summed E-state index contributed by atoms with van der Waals surface area (Å²) in [4.78, 5) is 0. The molecule has 2 nitrogen and oxygen atoms in total. The Morgan fingerprint density at radius 1 is 1.71 bits per heavy atom. The summed E-state index contributed by atoms with van der Waals surface area (Å²) in [7, 11) is 0. The molecule has 0 saturated carbocycles. The van der Waals surface area contributed by atoms with Crippen LogP contribution in [0.2, 0.25) is 0 Å². The van der Waals surface area contributed by atoms with Crippen LogP contribution in [-0.4, -0.2) is 23.1 Å². The van der Waals surface area contributed by atoms with Gasteiger partial charge in [-0.3, -0.25) is 0 Å². The summed E-state index contributed by atoms with van der Waals surface area (Å²) in [5.74, 6) is 0. The average molecular weight is 168 g/mol. The van der Waals surface area contributed by atoms with Crippen molar-refractivity contribution in [3.8, 4) is 0 Å². The lowest BCUT2D eigenvalue weighted by atomic mass is 10.3. The van der Waals surface area contributed by atoms with E-state index in [1.165, 1.54) is 0 Å². The van der Waals surface area contributed by atoms with Gasteiger partial charge in [-0.2, -0.15) is 0 Å². The first-order valence-electron chi connectivity index (χ1n) is 2.25. The van der Waals surface area contributed by atoms with Crippen molar-refractivity contribution in [2.75, 3.05) is 11.9 Å². The van der Waals surface area contributed by atoms with Gasteiger partial charge in [-0.05, 0) is 13.0 Å². The maximum absolute atomic E-state index is 8.73. The number of halogens is 1. The van der Waals surface area contributed by atoms with E-state index in [0.717, 1.165) is 0 Å². The molecule has 3 heteroatoms. The van der Waals surface area contributed by atoms with Crippen molar-refractivity contribution in [1.29, 1.82) is 0 Å². The minimum atomic E-state index is -0.259. The molecule has 0 fully saturated rings. The molecule has 0 saturated heterocycles. The first-order chi connectivity index (χ1) is 3.31. The van der Waals surface area contributed by atoms with Gasteiger partial charge in [0.1, 0.15) is 0 Å². The molecule has 0 heterocycles. The lowest BCUT2D eigenvalue weighted by Crippen LogP contribution is -2.13. The molecule has 0 aliphatic heterocycles. The van der Waals surface area contributed by atoms with Crippen LogP contribution in [0.15, 0.2) is 0 Å². The minimum absolute atomic E-state index is 0.259. The molecule has 1 atom stereocenters. The fraction of sp³-hybridized carbons (Fsp3) is 1.00. The third kappa shape index (κ3) is 4.25. The van der Waals surface area contributed by atoms with Crippen LogP contribution in [0.5, 0.6) is 0 Å². The second-order valence-corrected chi connectivity index (χ2v) is 2.03. The Balaban J connectivity index is 2.83. The van der Waals surface area contributed by atoms with Crippen LogP contribution in [-0.2, 0) is 0 Å². The monoisotopic (exact) mass is 167 g/mol. The first kappa shape index (κ1) is 7.40. The molecule has 0 aliphatic carbocycles. The van der Waals surface area contributed by atoms with Gasteiger partial charge in [-0.25, -0.2) is 0 Å². The molecule has 0 aromatic carbocycles. The highest BCUT2D eigenvalue weighted by molar-refractivity contribution is 9.09.